The average molecular weight is 223 g/mol. The fraction of sp³-hybridized carbons (Fsp3) is 0.938. The van der Waals surface area contributed by atoms with Crippen molar-refractivity contribution in [2.24, 2.45) is 5.92 Å². The number of hydrogen-bond acceptors (Lipinski definition) is 0. The second-order valence-electron chi connectivity index (χ2n) is 5.55. The summed E-state index contributed by atoms with van der Waals surface area (Å²) in [5.41, 5.74) is 0. The Bertz CT molecular complexity index is 144. The van der Waals surface area contributed by atoms with Gasteiger partial charge >= 0.3 is 0 Å². The smallest absolute Gasteiger partial charge is 0.0210 e. The van der Waals surface area contributed by atoms with E-state index < -0.39 is 0 Å². The molecule has 0 aromatic carbocycles. The highest BCUT2D eigenvalue weighted by Crippen LogP contribution is 2.36. The van der Waals surface area contributed by atoms with Gasteiger partial charge in [-0.15, -0.1) is 0 Å². The molecule has 0 unspecified atom stereocenters. The second-order valence-corrected chi connectivity index (χ2v) is 5.55. The van der Waals surface area contributed by atoms with Gasteiger partial charge in [-0.1, -0.05) is 65.2 Å². The minimum atomic E-state index is 1.01. The highest BCUT2D eigenvalue weighted by molar-refractivity contribution is 4.97. The van der Waals surface area contributed by atoms with E-state index in [4.69, 9.17) is 0 Å². The molecule has 0 heterocycles. The molecule has 0 N–H and O–H groups in total. The zero-order chi connectivity index (χ0) is 11.6. The maximum atomic E-state index is 2.34. The van der Waals surface area contributed by atoms with E-state index in [1.54, 1.807) is 0 Å². The summed E-state index contributed by atoms with van der Waals surface area (Å²) in [7, 11) is 0. The summed E-state index contributed by atoms with van der Waals surface area (Å²) in [4.78, 5) is 0. The van der Waals surface area contributed by atoms with Crippen molar-refractivity contribution in [2.45, 2.75) is 90.9 Å². The third-order valence-electron chi connectivity index (χ3n) is 4.11. The van der Waals surface area contributed by atoms with Gasteiger partial charge < -0.3 is 0 Å². The van der Waals surface area contributed by atoms with Gasteiger partial charge in [-0.2, -0.15) is 0 Å². The van der Waals surface area contributed by atoms with Gasteiger partial charge in [0.05, 0.1) is 0 Å². The van der Waals surface area contributed by atoms with Crippen LogP contribution in [0, 0.1) is 11.8 Å². The monoisotopic (exact) mass is 223 g/mol. The lowest BCUT2D eigenvalue weighted by Crippen LogP contribution is -2.16. The van der Waals surface area contributed by atoms with E-state index in [1.807, 2.05) is 5.92 Å². The van der Waals surface area contributed by atoms with Crippen LogP contribution in [-0.2, 0) is 0 Å². The maximum Gasteiger partial charge on any atom is -0.0210 e. The van der Waals surface area contributed by atoms with Gasteiger partial charge in [0.25, 0.3) is 0 Å². The Balaban J connectivity index is 2.22. The van der Waals surface area contributed by atoms with E-state index in [2.05, 4.69) is 13.8 Å². The molecule has 0 atom stereocenters. The fourth-order valence-electron chi connectivity index (χ4n) is 3.14. The van der Waals surface area contributed by atoms with Crippen LogP contribution in [0.25, 0.3) is 0 Å². The summed E-state index contributed by atoms with van der Waals surface area (Å²) in [6.45, 7) is 4.65. The molecule has 0 aliphatic heterocycles. The van der Waals surface area contributed by atoms with E-state index >= 15 is 0 Å². The minimum absolute atomic E-state index is 1.01. The molecule has 0 heteroatoms. The minimum Gasteiger partial charge on any atom is -0.0654 e. The third-order valence-corrected chi connectivity index (χ3v) is 4.11. The molecule has 95 valence electrons. The molecule has 0 amide bonds. The van der Waals surface area contributed by atoms with Crippen LogP contribution in [0.3, 0.4) is 0 Å². The van der Waals surface area contributed by atoms with Gasteiger partial charge in [0.1, 0.15) is 0 Å². The van der Waals surface area contributed by atoms with Crippen molar-refractivity contribution in [1.29, 1.82) is 0 Å². The first-order valence-electron chi connectivity index (χ1n) is 7.73. The maximum absolute atomic E-state index is 2.34. The molecular weight excluding hydrogens is 192 g/mol. The highest BCUT2D eigenvalue weighted by Gasteiger charge is 2.22. The van der Waals surface area contributed by atoms with Crippen molar-refractivity contribution in [3.8, 4) is 0 Å². The first kappa shape index (κ1) is 14.1. The zero-order valence-electron chi connectivity index (χ0n) is 11.6. The topological polar surface area (TPSA) is 0 Å². The molecule has 0 aromatic rings. The zero-order valence-corrected chi connectivity index (χ0v) is 11.6. The molecule has 0 bridgehead atoms. The first-order chi connectivity index (χ1) is 7.88. The molecule has 1 saturated carbocycles. The van der Waals surface area contributed by atoms with Crippen LogP contribution in [-0.4, -0.2) is 0 Å². The molecule has 16 heavy (non-hydrogen) atoms. The molecule has 0 saturated heterocycles. The van der Waals surface area contributed by atoms with Crippen LogP contribution in [0.1, 0.15) is 90.9 Å². The summed E-state index contributed by atoms with van der Waals surface area (Å²) in [5.74, 6) is 2.94. The molecule has 0 aromatic heterocycles. The number of unbranched alkanes of at least 4 members (excludes halogenated alkanes) is 3. The summed E-state index contributed by atoms with van der Waals surface area (Å²) in [6.07, 6.45) is 17.4. The first-order valence-corrected chi connectivity index (χ1v) is 7.73. The molecule has 0 nitrogen and oxygen atoms in total. The van der Waals surface area contributed by atoms with Gasteiger partial charge in [-0.05, 0) is 37.5 Å². The van der Waals surface area contributed by atoms with E-state index in [1.165, 1.54) is 77.0 Å². The normalized spacial score (nSPS) is 18.2. The van der Waals surface area contributed by atoms with Crippen molar-refractivity contribution in [3.05, 3.63) is 5.92 Å². The number of rotatable bonds is 8. The second kappa shape index (κ2) is 9.07. The van der Waals surface area contributed by atoms with Gasteiger partial charge in [0.2, 0.25) is 0 Å². The van der Waals surface area contributed by atoms with Gasteiger partial charge in [-0.25, -0.2) is 0 Å². The van der Waals surface area contributed by atoms with Crippen LogP contribution in [0.5, 0.6) is 0 Å². The quantitative estimate of drug-likeness (QED) is 0.449. The lowest BCUT2D eigenvalue weighted by Gasteiger charge is -2.29. The molecule has 1 aliphatic carbocycles. The van der Waals surface area contributed by atoms with Crippen LogP contribution in [0.15, 0.2) is 0 Å². The van der Waals surface area contributed by atoms with Gasteiger partial charge in [0, 0.05) is 0 Å². The Hall–Kier alpha value is 0. The molecule has 1 rings (SSSR count). The molecule has 1 aliphatic rings. The SMILES string of the molecule is CCCCCC[C](CCC)C1CCCCC1. The lowest BCUT2D eigenvalue weighted by molar-refractivity contribution is 0.339. The largest absolute Gasteiger partial charge is 0.0654 e. The van der Waals surface area contributed by atoms with Crippen LogP contribution < -0.4 is 0 Å². The van der Waals surface area contributed by atoms with Crippen molar-refractivity contribution >= 4 is 0 Å². The molecule has 0 spiro atoms. The van der Waals surface area contributed by atoms with E-state index in [9.17, 15) is 0 Å². The van der Waals surface area contributed by atoms with Crippen molar-refractivity contribution < 1.29 is 0 Å². The fourth-order valence-corrected chi connectivity index (χ4v) is 3.14. The Labute approximate surface area is 103 Å². The van der Waals surface area contributed by atoms with Crippen LogP contribution in [0.2, 0.25) is 0 Å². The lowest BCUT2D eigenvalue weighted by atomic mass is 9.76. The summed E-state index contributed by atoms with van der Waals surface area (Å²) >= 11 is 0. The predicted molar refractivity (Wildman–Crippen MR) is 73.5 cm³/mol. The van der Waals surface area contributed by atoms with Crippen LogP contribution in [0.4, 0.5) is 0 Å². The predicted octanol–water partition coefficient (Wildman–Crippen LogP) is 5.91. The molecule has 1 fully saturated rings. The highest BCUT2D eigenvalue weighted by atomic mass is 14.3. The molecule has 1 radical (unpaired) electrons. The Morgan fingerprint density at radius 1 is 0.812 bits per heavy atom. The summed E-state index contributed by atoms with van der Waals surface area (Å²) < 4.78 is 0. The van der Waals surface area contributed by atoms with Gasteiger partial charge in [0.15, 0.2) is 0 Å². The van der Waals surface area contributed by atoms with E-state index in [0.29, 0.717) is 0 Å². The van der Waals surface area contributed by atoms with Crippen LogP contribution >= 0.6 is 0 Å². The Morgan fingerprint density at radius 3 is 2.19 bits per heavy atom. The Kier molecular flexibility index (Phi) is 7.98. The summed E-state index contributed by atoms with van der Waals surface area (Å²) in [5, 5.41) is 0. The van der Waals surface area contributed by atoms with E-state index in [0.717, 1.165) is 5.92 Å². The Morgan fingerprint density at radius 2 is 1.56 bits per heavy atom. The van der Waals surface area contributed by atoms with Gasteiger partial charge in [-0.3, -0.25) is 0 Å². The van der Waals surface area contributed by atoms with E-state index in [-0.39, 0.29) is 0 Å². The van der Waals surface area contributed by atoms with Crippen molar-refractivity contribution in [3.63, 3.8) is 0 Å². The van der Waals surface area contributed by atoms with Crippen molar-refractivity contribution in [2.75, 3.05) is 0 Å². The standard InChI is InChI=1S/C16H31/c1-3-5-6-8-12-15(11-4-2)16-13-9-7-10-14-16/h16H,3-14H2,1-2H3. The number of hydrogen-bond donors (Lipinski definition) is 0. The third kappa shape index (κ3) is 5.37. The molecular formula is C16H31. The average Bonchev–Trinajstić information content (AvgIpc) is 2.34. The van der Waals surface area contributed by atoms with Crippen molar-refractivity contribution in [1.82, 2.24) is 0 Å². The summed E-state index contributed by atoms with van der Waals surface area (Å²) in [6, 6.07) is 0.